The number of carbonyl (C=O) groups excluding carboxylic acids is 2. The molecule has 2 rings (SSSR count). The molecule has 23 heavy (non-hydrogen) atoms. The number of hydrogen-bond donors (Lipinski definition) is 1. The molecular weight excluding hydrogens is 315 g/mol. The van der Waals surface area contributed by atoms with Gasteiger partial charge in [0.05, 0.1) is 5.57 Å². The van der Waals surface area contributed by atoms with Crippen molar-refractivity contribution < 1.29 is 32.2 Å². The zero-order valence-electron chi connectivity index (χ0n) is 12.6. The quantitative estimate of drug-likeness (QED) is 0.668. The van der Waals surface area contributed by atoms with Crippen LogP contribution in [0, 0.1) is 0 Å². The minimum atomic E-state index is -4.85. The summed E-state index contributed by atoms with van der Waals surface area (Å²) in [5.74, 6) is -1.85. The van der Waals surface area contributed by atoms with Gasteiger partial charge < -0.3 is 14.8 Å². The van der Waals surface area contributed by atoms with Gasteiger partial charge >= 0.3 is 12.3 Å². The molecule has 0 radical (unpaired) electrons. The lowest BCUT2D eigenvalue weighted by molar-refractivity contribution is -0.274. The van der Waals surface area contributed by atoms with Crippen LogP contribution in [0.25, 0.3) is 5.57 Å². The molecular formula is C15H14F3NO4. The molecule has 1 aliphatic heterocycles. The number of rotatable bonds is 2. The Morgan fingerprint density at radius 1 is 1.22 bits per heavy atom. The zero-order valence-corrected chi connectivity index (χ0v) is 12.6. The Hall–Kier alpha value is -2.51. The molecule has 0 fully saturated rings. The maximum atomic E-state index is 12.3. The zero-order chi connectivity index (χ0) is 17.4. The van der Waals surface area contributed by atoms with E-state index in [9.17, 15) is 22.8 Å². The highest BCUT2D eigenvalue weighted by atomic mass is 19.4. The normalized spacial score (nSPS) is 16.1. The van der Waals surface area contributed by atoms with Crippen molar-refractivity contribution in [3.8, 4) is 5.75 Å². The molecule has 0 aromatic heterocycles. The summed E-state index contributed by atoms with van der Waals surface area (Å²) in [6.45, 7) is 4.96. The Bertz CT molecular complexity index is 687. The van der Waals surface area contributed by atoms with Crippen LogP contribution in [0.2, 0.25) is 0 Å². The van der Waals surface area contributed by atoms with E-state index in [0.717, 1.165) is 18.2 Å². The highest BCUT2D eigenvalue weighted by Crippen LogP contribution is 2.36. The third kappa shape index (κ3) is 4.48. The molecule has 0 saturated heterocycles. The van der Waals surface area contributed by atoms with Gasteiger partial charge in [-0.05, 0) is 39.0 Å². The lowest BCUT2D eigenvalue weighted by Crippen LogP contribution is -2.23. The van der Waals surface area contributed by atoms with E-state index in [4.69, 9.17) is 4.74 Å². The largest absolute Gasteiger partial charge is 0.573 e. The number of fused-ring (bicyclic) bond motifs is 1. The third-order valence-electron chi connectivity index (χ3n) is 2.68. The van der Waals surface area contributed by atoms with Crippen molar-refractivity contribution in [2.24, 2.45) is 0 Å². The fraction of sp³-hybridized carbons (Fsp3) is 0.333. The molecule has 1 N–H and O–H groups in total. The fourth-order valence-corrected chi connectivity index (χ4v) is 1.96. The molecule has 0 aliphatic carbocycles. The van der Waals surface area contributed by atoms with Crippen LogP contribution in [-0.2, 0) is 14.3 Å². The van der Waals surface area contributed by atoms with Gasteiger partial charge in [-0.1, -0.05) is 0 Å². The predicted octanol–water partition coefficient (Wildman–Crippen LogP) is 3.26. The van der Waals surface area contributed by atoms with Crippen molar-refractivity contribution in [1.82, 2.24) is 0 Å². The second-order valence-corrected chi connectivity index (χ2v) is 5.80. The number of carbonyl (C=O) groups is 2. The summed E-state index contributed by atoms with van der Waals surface area (Å²) in [7, 11) is 0. The molecule has 0 saturated carbocycles. The number of alkyl halides is 3. The van der Waals surface area contributed by atoms with Crippen molar-refractivity contribution in [2.45, 2.75) is 32.7 Å². The van der Waals surface area contributed by atoms with E-state index in [0.29, 0.717) is 5.69 Å². The van der Waals surface area contributed by atoms with Gasteiger partial charge in [-0.2, -0.15) is 0 Å². The minimum Gasteiger partial charge on any atom is -0.457 e. The van der Waals surface area contributed by atoms with E-state index in [1.54, 1.807) is 20.8 Å². The monoisotopic (exact) mass is 329 g/mol. The van der Waals surface area contributed by atoms with Gasteiger partial charge in [-0.3, -0.25) is 4.79 Å². The van der Waals surface area contributed by atoms with Crippen LogP contribution < -0.4 is 10.1 Å². The van der Waals surface area contributed by atoms with Gasteiger partial charge in [0.15, 0.2) is 0 Å². The van der Waals surface area contributed by atoms with Crippen LogP contribution >= 0.6 is 0 Å². The van der Waals surface area contributed by atoms with Crippen LogP contribution in [0.5, 0.6) is 5.75 Å². The van der Waals surface area contributed by atoms with Crippen LogP contribution in [0.3, 0.4) is 0 Å². The minimum absolute atomic E-state index is 0.0816. The number of esters is 1. The highest BCUT2D eigenvalue weighted by molar-refractivity contribution is 6.33. The Morgan fingerprint density at radius 3 is 2.43 bits per heavy atom. The SMILES string of the molecule is CC(C)(C)OC(=O)/C=C1/C(=O)Nc2ccc(OC(F)(F)F)cc21. The van der Waals surface area contributed by atoms with Crippen molar-refractivity contribution in [2.75, 3.05) is 5.32 Å². The molecule has 1 amide bonds. The Labute approximate surface area is 130 Å². The topological polar surface area (TPSA) is 64.6 Å². The van der Waals surface area contributed by atoms with Gasteiger partial charge in [0.25, 0.3) is 5.91 Å². The van der Waals surface area contributed by atoms with E-state index in [1.807, 2.05) is 0 Å². The molecule has 1 aliphatic rings. The lowest BCUT2D eigenvalue weighted by Gasteiger charge is -2.18. The first kappa shape index (κ1) is 16.9. The van der Waals surface area contributed by atoms with Crippen LogP contribution in [0.1, 0.15) is 26.3 Å². The summed E-state index contributed by atoms with van der Waals surface area (Å²) >= 11 is 0. The number of ether oxygens (including phenoxy) is 2. The van der Waals surface area contributed by atoms with Gasteiger partial charge in [0.2, 0.25) is 0 Å². The standard InChI is InChI=1S/C15H14F3NO4/c1-14(2,3)23-12(20)7-10-9-6-8(22-15(16,17)18)4-5-11(9)19-13(10)21/h4-7H,1-3H3,(H,19,21)/b10-7+. The Balaban J connectivity index is 2.33. The summed E-state index contributed by atoms with van der Waals surface area (Å²) < 4.78 is 45.7. The van der Waals surface area contributed by atoms with Crippen molar-refractivity contribution in [3.05, 3.63) is 29.8 Å². The smallest absolute Gasteiger partial charge is 0.457 e. The average Bonchev–Trinajstić information content (AvgIpc) is 2.62. The molecule has 8 heteroatoms. The first-order chi connectivity index (χ1) is 10.4. The molecule has 0 atom stereocenters. The summed E-state index contributed by atoms with van der Waals surface area (Å²) in [5.41, 5.74) is -0.406. The number of amides is 1. The van der Waals surface area contributed by atoms with Crippen LogP contribution in [-0.4, -0.2) is 23.8 Å². The lowest BCUT2D eigenvalue weighted by atomic mass is 10.1. The third-order valence-corrected chi connectivity index (χ3v) is 2.68. The molecule has 0 spiro atoms. The van der Waals surface area contributed by atoms with Gasteiger partial charge in [0, 0.05) is 17.3 Å². The highest BCUT2D eigenvalue weighted by Gasteiger charge is 2.33. The number of anilines is 1. The molecule has 5 nitrogen and oxygen atoms in total. The molecule has 124 valence electrons. The summed E-state index contributed by atoms with van der Waals surface area (Å²) in [6.07, 6.45) is -3.90. The second-order valence-electron chi connectivity index (χ2n) is 5.80. The van der Waals surface area contributed by atoms with Crippen molar-refractivity contribution >= 4 is 23.1 Å². The predicted molar refractivity (Wildman–Crippen MR) is 75.6 cm³/mol. The van der Waals surface area contributed by atoms with Gasteiger partial charge in [-0.25, -0.2) is 4.79 Å². The van der Waals surface area contributed by atoms with E-state index in [2.05, 4.69) is 10.1 Å². The van der Waals surface area contributed by atoms with E-state index >= 15 is 0 Å². The molecule has 1 aromatic rings. The molecule has 1 aromatic carbocycles. The number of halogens is 3. The molecule has 1 heterocycles. The number of benzene rings is 1. The Morgan fingerprint density at radius 2 is 1.87 bits per heavy atom. The van der Waals surface area contributed by atoms with Crippen LogP contribution in [0.15, 0.2) is 24.3 Å². The Kier molecular flexibility index (Phi) is 4.10. The molecule has 0 unspecified atom stereocenters. The molecule has 0 bridgehead atoms. The van der Waals surface area contributed by atoms with E-state index in [-0.39, 0.29) is 11.1 Å². The summed E-state index contributed by atoms with van der Waals surface area (Å²) in [5, 5.41) is 2.45. The van der Waals surface area contributed by atoms with Crippen molar-refractivity contribution in [1.29, 1.82) is 0 Å². The van der Waals surface area contributed by atoms with Crippen LogP contribution in [0.4, 0.5) is 18.9 Å². The van der Waals surface area contributed by atoms with Crippen molar-refractivity contribution in [3.63, 3.8) is 0 Å². The first-order valence-corrected chi connectivity index (χ1v) is 6.61. The second kappa shape index (κ2) is 5.60. The van der Waals surface area contributed by atoms with E-state index < -0.39 is 29.6 Å². The summed E-state index contributed by atoms with van der Waals surface area (Å²) in [4.78, 5) is 23.7. The summed E-state index contributed by atoms with van der Waals surface area (Å²) in [6, 6.07) is 3.38. The first-order valence-electron chi connectivity index (χ1n) is 6.61. The maximum Gasteiger partial charge on any atom is 0.573 e. The number of nitrogens with one attached hydrogen (secondary N) is 1. The average molecular weight is 329 g/mol. The van der Waals surface area contributed by atoms with Gasteiger partial charge in [0.1, 0.15) is 11.4 Å². The van der Waals surface area contributed by atoms with E-state index in [1.165, 1.54) is 6.07 Å². The maximum absolute atomic E-state index is 12.3. The fourth-order valence-electron chi connectivity index (χ4n) is 1.96. The number of hydrogen-bond acceptors (Lipinski definition) is 4. The van der Waals surface area contributed by atoms with Gasteiger partial charge in [-0.15, -0.1) is 13.2 Å².